The topological polar surface area (TPSA) is 32.5 Å². The molecule has 2 aromatic heterocycles. The van der Waals surface area contributed by atoms with Crippen LogP contribution in [0.25, 0.3) is 22.1 Å². The van der Waals surface area contributed by atoms with Gasteiger partial charge in [-0.15, -0.1) is 0 Å². The van der Waals surface area contributed by atoms with Gasteiger partial charge in [-0.25, -0.2) is 0 Å². The summed E-state index contributed by atoms with van der Waals surface area (Å²) in [4.78, 5) is 6.95. The first-order valence-electron chi connectivity index (χ1n) is 8.85. The molecule has 2 aromatic carbocycles. The first-order chi connectivity index (χ1) is 13.1. The molecule has 0 saturated heterocycles. The molecule has 4 nitrogen and oxygen atoms in total. The Kier molecular flexibility index (Phi) is 3.86. The van der Waals surface area contributed by atoms with E-state index in [-0.39, 0.29) is 0 Å². The summed E-state index contributed by atoms with van der Waals surface area (Å²) in [6.07, 6.45) is 4.40. The predicted molar refractivity (Wildman–Crippen MR) is 121 cm³/mol. The van der Waals surface area contributed by atoms with Crippen molar-refractivity contribution >= 4 is 53.8 Å². The van der Waals surface area contributed by atoms with E-state index in [9.17, 15) is 0 Å². The Morgan fingerprint density at radius 2 is 1.59 bits per heavy atom. The van der Waals surface area contributed by atoms with Crippen LogP contribution in [0.15, 0.2) is 71.4 Å². The van der Waals surface area contributed by atoms with Crippen molar-refractivity contribution in [2.45, 2.75) is 13.8 Å². The summed E-state index contributed by atoms with van der Waals surface area (Å²) in [5.41, 5.74) is 6.27. The SMILES string of the molecule is Cc1ccc2c(n1)oc1c(N3C=CN(c4ccccc4)I3C)c(C)ccc12. The normalized spacial score (nSPS) is 15.4. The quantitative estimate of drug-likeness (QED) is 0.194. The van der Waals surface area contributed by atoms with Gasteiger partial charge in [-0.2, -0.15) is 0 Å². The second-order valence-electron chi connectivity index (χ2n) is 6.68. The van der Waals surface area contributed by atoms with Gasteiger partial charge in [0, 0.05) is 0 Å². The number of hydrogen-bond acceptors (Lipinski definition) is 4. The van der Waals surface area contributed by atoms with Gasteiger partial charge in [-0.05, 0) is 0 Å². The molecule has 0 unspecified atom stereocenters. The Bertz CT molecular complexity index is 1180. The zero-order valence-electron chi connectivity index (χ0n) is 15.5. The summed E-state index contributed by atoms with van der Waals surface area (Å²) < 4.78 is 11.1. The number of hydrogen-bond donors (Lipinski definition) is 0. The average Bonchev–Trinajstić information content (AvgIpc) is 3.22. The minimum atomic E-state index is -1.65. The fraction of sp³-hybridized carbons (Fsp3) is 0.136. The van der Waals surface area contributed by atoms with Crippen LogP contribution in [-0.4, -0.2) is 9.91 Å². The van der Waals surface area contributed by atoms with Gasteiger partial charge in [-0.1, -0.05) is 0 Å². The van der Waals surface area contributed by atoms with Gasteiger partial charge >= 0.3 is 166 Å². The van der Waals surface area contributed by atoms with E-state index in [1.165, 1.54) is 16.9 Å². The summed E-state index contributed by atoms with van der Waals surface area (Å²) >= 11 is -1.65. The van der Waals surface area contributed by atoms with Crippen LogP contribution in [0.3, 0.4) is 0 Å². The fourth-order valence-corrected chi connectivity index (χ4v) is 7.67. The molecule has 0 bridgehead atoms. The number of alkyl halides is 1. The zero-order chi connectivity index (χ0) is 18.5. The summed E-state index contributed by atoms with van der Waals surface area (Å²) in [6, 6.07) is 19.1. The van der Waals surface area contributed by atoms with Crippen LogP contribution in [0, 0.1) is 13.8 Å². The van der Waals surface area contributed by atoms with Crippen molar-refractivity contribution in [2.75, 3.05) is 11.2 Å². The molecule has 0 radical (unpaired) electrons. The third-order valence-electron chi connectivity index (χ3n) is 4.89. The van der Waals surface area contributed by atoms with E-state index in [0.29, 0.717) is 0 Å². The third kappa shape index (κ3) is 2.60. The molecule has 1 aliphatic heterocycles. The van der Waals surface area contributed by atoms with E-state index in [1.807, 2.05) is 13.0 Å². The number of furan rings is 1. The predicted octanol–water partition coefficient (Wildman–Crippen LogP) is 6.36. The van der Waals surface area contributed by atoms with Crippen LogP contribution in [0.5, 0.6) is 0 Å². The van der Waals surface area contributed by atoms with Crippen LogP contribution < -0.4 is 6.23 Å². The number of pyridine rings is 1. The van der Waals surface area contributed by atoms with Crippen molar-refractivity contribution in [3.8, 4) is 0 Å². The van der Waals surface area contributed by atoms with Gasteiger partial charge in [0.25, 0.3) is 0 Å². The fourth-order valence-electron chi connectivity index (χ4n) is 3.53. The summed E-state index contributed by atoms with van der Waals surface area (Å²) in [5, 5.41) is 2.21. The average molecular weight is 469 g/mol. The number of fused-ring (bicyclic) bond motifs is 3. The number of rotatable bonds is 2. The Hall–Kier alpha value is -2.54. The number of nitrogens with zero attached hydrogens (tertiary/aromatic N) is 3. The maximum atomic E-state index is 6.27. The number of anilines is 2. The first-order valence-corrected chi connectivity index (χ1v) is 12.9. The third-order valence-corrected chi connectivity index (χ3v) is 9.59. The molecule has 136 valence electrons. The van der Waals surface area contributed by atoms with Crippen molar-refractivity contribution in [1.82, 2.24) is 4.98 Å². The van der Waals surface area contributed by atoms with Gasteiger partial charge in [0.15, 0.2) is 0 Å². The Labute approximate surface area is 166 Å². The second kappa shape index (κ2) is 6.27. The molecule has 0 spiro atoms. The van der Waals surface area contributed by atoms with Gasteiger partial charge in [0.1, 0.15) is 0 Å². The Morgan fingerprint density at radius 3 is 2.41 bits per heavy atom. The molecule has 1 aliphatic rings. The van der Waals surface area contributed by atoms with E-state index in [1.54, 1.807) is 0 Å². The number of aromatic nitrogens is 1. The number of benzene rings is 2. The Balaban J connectivity index is 1.66. The Morgan fingerprint density at radius 1 is 0.852 bits per heavy atom. The van der Waals surface area contributed by atoms with Gasteiger partial charge in [-0.3, -0.25) is 0 Å². The van der Waals surface area contributed by atoms with Gasteiger partial charge < -0.3 is 0 Å². The van der Waals surface area contributed by atoms with Gasteiger partial charge in [0.2, 0.25) is 0 Å². The molecule has 3 heterocycles. The van der Waals surface area contributed by atoms with Crippen molar-refractivity contribution in [2.24, 2.45) is 0 Å². The molecular weight excluding hydrogens is 449 g/mol. The van der Waals surface area contributed by atoms with Crippen molar-refractivity contribution in [3.05, 3.63) is 78.3 Å². The van der Waals surface area contributed by atoms with E-state index in [2.05, 4.69) is 84.0 Å². The molecule has 0 saturated carbocycles. The number of aryl methyl sites for hydroxylation is 2. The van der Waals surface area contributed by atoms with Crippen molar-refractivity contribution in [1.29, 1.82) is 0 Å². The summed E-state index contributed by atoms with van der Waals surface area (Å²) in [7, 11) is 0. The molecule has 0 amide bonds. The number of para-hydroxylation sites is 1. The second-order valence-corrected chi connectivity index (χ2v) is 11.1. The van der Waals surface area contributed by atoms with Crippen molar-refractivity contribution in [3.63, 3.8) is 0 Å². The van der Waals surface area contributed by atoms with E-state index in [4.69, 9.17) is 4.42 Å². The van der Waals surface area contributed by atoms with Crippen LogP contribution in [0.1, 0.15) is 11.3 Å². The van der Waals surface area contributed by atoms with E-state index in [0.717, 1.165) is 27.8 Å². The standard InChI is InChI=1S/C22H20IN3O/c1-15-9-11-18-19-12-10-16(2)24-22(19)27-21(18)20(15)26-14-13-25(23(26)3)17-7-5-4-6-8-17/h4-14H,1-3H3. The molecule has 5 heteroatoms. The van der Waals surface area contributed by atoms with E-state index < -0.39 is 20.4 Å². The van der Waals surface area contributed by atoms with Gasteiger partial charge in [0.05, 0.1) is 0 Å². The molecule has 5 rings (SSSR count). The molecule has 4 aromatic rings. The first kappa shape index (κ1) is 16.6. The molecule has 0 atom stereocenters. The van der Waals surface area contributed by atoms with Crippen LogP contribution in [0.4, 0.5) is 11.4 Å². The van der Waals surface area contributed by atoms with Crippen molar-refractivity contribution < 1.29 is 4.42 Å². The zero-order valence-corrected chi connectivity index (χ0v) is 17.6. The van der Waals surface area contributed by atoms with Crippen LogP contribution in [0.2, 0.25) is 0 Å². The molecule has 0 aliphatic carbocycles. The molecule has 0 N–H and O–H groups in total. The van der Waals surface area contributed by atoms with Crippen LogP contribution in [-0.2, 0) is 0 Å². The van der Waals surface area contributed by atoms with E-state index >= 15 is 0 Å². The minimum absolute atomic E-state index is 0.719. The molecule has 27 heavy (non-hydrogen) atoms. The van der Waals surface area contributed by atoms with Crippen LogP contribution >= 0.6 is 20.4 Å². The summed E-state index contributed by atoms with van der Waals surface area (Å²) in [5.74, 6) is 0. The molecular formula is C22H20IN3O. The maximum absolute atomic E-state index is 6.27. The molecule has 0 fully saturated rings. The summed E-state index contributed by atoms with van der Waals surface area (Å²) in [6.45, 7) is 4.15. The number of halogens is 1. The monoisotopic (exact) mass is 469 g/mol.